The van der Waals surface area contributed by atoms with Gasteiger partial charge < -0.3 is 18.9 Å². The van der Waals surface area contributed by atoms with Gasteiger partial charge in [-0.25, -0.2) is 0 Å². The van der Waals surface area contributed by atoms with Gasteiger partial charge in [0.15, 0.2) is 11.5 Å². The van der Waals surface area contributed by atoms with Crippen LogP contribution in [0.15, 0.2) is 12.1 Å². The van der Waals surface area contributed by atoms with Crippen molar-refractivity contribution in [2.75, 3.05) is 27.3 Å². The molecule has 2 saturated heterocycles. The van der Waals surface area contributed by atoms with Crippen molar-refractivity contribution in [1.29, 1.82) is 0 Å². The van der Waals surface area contributed by atoms with Crippen molar-refractivity contribution in [3.8, 4) is 11.5 Å². The van der Waals surface area contributed by atoms with E-state index in [4.69, 9.17) is 18.9 Å². The van der Waals surface area contributed by atoms with Gasteiger partial charge in [0.05, 0.1) is 26.2 Å². The number of nitrogens with zero attached hydrogens (tertiary/aromatic N) is 1. The van der Waals surface area contributed by atoms with Crippen molar-refractivity contribution in [2.24, 2.45) is 23.2 Å². The minimum Gasteiger partial charge on any atom is -0.493 e. The van der Waals surface area contributed by atoms with E-state index in [2.05, 4.69) is 30.9 Å². The van der Waals surface area contributed by atoms with Crippen LogP contribution in [0.1, 0.15) is 50.7 Å². The van der Waals surface area contributed by atoms with E-state index in [0.717, 1.165) is 44.0 Å². The quantitative estimate of drug-likeness (QED) is 0.526. The lowest BCUT2D eigenvalue weighted by molar-refractivity contribution is -0.146. The molecule has 0 aromatic heterocycles. The van der Waals surface area contributed by atoms with Crippen LogP contribution in [0.5, 0.6) is 11.5 Å². The van der Waals surface area contributed by atoms with Gasteiger partial charge in [-0.1, -0.05) is 20.3 Å². The molecule has 1 aromatic rings. The van der Waals surface area contributed by atoms with Crippen LogP contribution in [0.25, 0.3) is 0 Å². The molecule has 1 aromatic carbocycles. The first-order valence-electron chi connectivity index (χ1n) is 12.2. The molecule has 0 bridgehead atoms. The van der Waals surface area contributed by atoms with Crippen molar-refractivity contribution in [1.82, 2.24) is 4.90 Å². The van der Waals surface area contributed by atoms with Gasteiger partial charge in [0.1, 0.15) is 11.7 Å². The van der Waals surface area contributed by atoms with Crippen LogP contribution < -0.4 is 9.47 Å². The van der Waals surface area contributed by atoms with Crippen LogP contribution in [-0.4, -0.2) is 56.0 Å². The Morgan fingerprint density at radius 2 is 1.94 bits per heavy atom. The average Bonchev–Trinajstić information content (AvgIpc) is 3.47. The molecule has 0 amide bonds. The molecule has 0 radical (unpaired) electrons. The Kier molecular flexibility index (Phi) is 4.61. The highest BCUT2D eigenvalue weighted by Crippen LogP contribution is 2.70. The van der Waals surface area contributed by atoms with Crippen molar-refractivity contribution in [3.05, 3.63) is 23.3 Å². The highest BCUT2D eigenvalue weighted by molar-refractivity contribution is 5.76. The average molecular weight is 442 g/mol. The molecule has 0 unspecified atom stereocenters. The lowest BCUT2D eigenvalue weighted by atomic mass is 9.53. The van der Waals surface area contributed by atoms with Gasteiger partial charge in [0.25, 0.3) is 0 Å². The third-order valence-corrected chi connectivity index (χ3v) is 9.45. The first kappa shape index (κ1) is 20.8. The number of ether oxygens (including phenoxy) is 4. The van der Waals surface area contributed by atoms with E-state index in [0.29, 0.717) is 5.92 Å². The largest absolute Gasteiger partial charge is 0.493 e. The summed E-state index contributed by atoms with van der Waals surface area (Å²) < 4.78 is 23.6. The van der Waals surface area contributed by atoms with E-state index in [-0.39, 0.29) is 41.0 Å². The summed E-state index contributed by atoms with van der Waals surface area (Å²) in [6.07, 6.45) is 5.78. The zero-order chi connectivity index (χ0) is 22.3. The lowest BCUT2D eigenvalue weighted by Crippen LogP contribution is -2.54. The Bertz CT molecular complexity index is 948. The molecular weight excluding hydrogens is 406 g/mol. The number of carbonyl (C=O) groups is 1. The summed E-state index contributed by atoms with van der Waals surface area (Å²) in [7, 11) is 3.35. The summed E-state index contributed by atoms with van der Waals surface area (Å²) in [5, 5.41) is 0. The third-order valence-electron chi connectivity index (χ3n) is 9.45. The molecule has 2 saturated carbocycles. The molecule has 0 N–H and O–H groups in total. The molecule has 6 heteroatoms. The van der Waals surface area contributed by atoms with Crippen LogP contribution in [0.2, 0.25) is 0 Å². The molecule has 174 valence electrons. The SMILES string of the molecule is COc1cc2c(cc1OC)CN(C[C@@H]1C(=O)O[C@@H]3C[C@@]4(C)CCC[C@@H](C)[C@@]45O[C@H]5[C@H]13)CC2. The number of fused-ring (bicyclic) bond motifs is 3. The number of esters is 1. The number of carbonyl (C=O) groups excluding carboxylic acids is 1. The van der Waals surface area contributed by atoms with Gasteiger partial charge in [-0.15, -0.1) is 0 Å². The molecule has 32 heavy (non-hydrogen) atoms. The topological polar surface area (TPSA) is 60.5 Å². The van der Waals surface area contributed by atoms with E-state index in [1.807, 2.05) is 0 Å². The molecule has 4 fully saturated rings. The highest BCUT2D eigenvalue weighted by atomic mass is 16.6. The molecule has 3 aliphatic heterocycles. The second kappa shape index (κ2) is 7.10. The van der Waals surface area contributed by atoms with Crippen molar-refractivity contribution in [2.45, 2.75) is 70.3 Å². The van der Waals surface area contributed by atoms with Gasteiger partial charge >= 0.3 is 5.97 Å². The molecule has 2 aliphatic carbocycles. The standard InChI is InChI=1S/C26H35NO5/c1-15-6-5-8-25(2)12-21-22(23-26(15,25)32-23)18(24(28)31-21)14-27-9-7-16-10-19(29-3)20(30-4)11-17(16)13-27/h10-11,15,18,21-23H,5-9,12-14H2,1-4H3/t15-,18+,21-,22-,23+,25-,26+/m1/s1. The van der Waals surface area contributed by atoms with E-state index in [1.165, 1.54) is 30.4 Å². The number of hydrogen-bond acceptors (Lipinski definition) is 6. The highest BCUT2D eigenvalue weighted by Gasteiger charge is 2.78. The fourth-order valence-electron chi connectivity index (χ4n) is 7.82. The van der Waals surface area contributed by atoms with Gasteiger partial charge in [-0.2, -0.15) is 0 Å². The maximum absolute atomic E-state index is 13.1. The Balaban J connectivity index is 1.22. The monoisotopic (exact) mass is 441 g/mol. The fourth-order valence-corrected chi connectivity index (χ4v) is 7.82. The summed E-state index contributed by atoms with van der Waals surface area (Å²) >= 11 is 0. The molecule has 6 rings (SSSR count). The van der Waals surface area contributed by atoms with Crippen LogP contribution in [0.3, 0.4) is 0 Å². The predicted molar refractivity (Wildman–Crippen MR) is 119 cm³/mol. The lowest BCUT2D eigenvalue weighted by Gasteiger charge is -2.49. The first-order valence-corrected chi connectivity index (χ1v) is 12.2. The number of methoxy groups -OCH3 is 2. The third kappa shape index (κ3) is 2.75. The van der Waals surface area contributed by atoms with Crippen molar-refractivity contribution in [3.63, 3.8) is 0 Å². The predicted octanol–water partition coefficient (Wildman–Crippen LogP) is 3.59. The van der Waals surface area contributed by atoms with Crippen molar-refractivity contribution < 1.29 is 23.7 Å². The maximum Gasteiger partial charge on any atom is 0.311 e. The molecule has 1 spiro atoms. The van der Waals surface area contributed by atoms with E-state index in [9.17, 15) is 4.79 Å². The Labute approximate surface area is 190 Å². The second-order valence-electron chi connectivity index (χ2n) is 11.0. The summed E-state index contributed by atoms with van der Waals surface area (Å²) in [6.45, 7) is 7.24. The molecule has 7 atom stereocenters. The number of hydrogen-bond donors (Lipinski definition) is 0. The number of epoxide rings is 1. The normalized spacial score (nSPS) is 42.2. The number of rotatable bonds is 4. The van der Waals surface area contributed by atoms with Crippen LogP contribution >= 0.6 is 0 Å². The van der Waals surface area contributed by atoms with Gasteiger partial charge in [-0.05, 0) is 54.9 Å². The van der Waals surface area contributed by atoms with Crippen LogP contribution in [0.4, 0.5) is 0 Å². The summed E-state index contributed by atoms with van der Waals surface area (Å²) in [5.41, 5.74) is 2.68. The first-order chi connectivity index (χ1) is 15.4. The van der Waals surface area contributed by atoms with E-state index in [1.54, 1.807) is 14.2 Å². The van der Waals surface area contributed by atoms with Crippen LogP contribution in [0, 0.1) is 23.2 Å². The van der Waals surface area contributed by atoms with Gasteiger partial charge in [0.2, 0.25) is 0 Å². The summed E-state index contributed by atoms with van der Waals surface area (Å²) in [5.74, 6) is 2.20. The zero-order valence-electron chi connectivity index (χ0n) is 19.7. The molecule has 6 nitrogen and oxygen atoms in total. The summed E-state index contributed by atoms with van der Waals surface area (Å²) in [4.78, 5) is 15.5. The smallest absolute Gasteiger partial charge is 0.311 e. The minimum atomic E-state index is -0.0928. The summed E-state index contributed by atoms with van der Waals surface area (Å²) in [6, 6.07) is 4.18. The van der Waals surface area contributed by atoms with E-state index >= 15 is 0 Å². The molecule has 5 aliphatic rings. The Hall–Kier alpha value is -1.79. The van der Waals surface area contributed by atoms with Crippen molar-refractivity contribution >= 4 is 5.97 Å². The molecule has 3 heterocycles. The van der Waals surface area contributed by atoms with E-state index < -0.39 is 0 Å². The van der Waals surface area contributed by atoms with Gasteiger partial charge in [-0.3, -0.25) is 9.69 Å². The number of benzene rings is 1. The van der Waals surface area contributed by atoms with Gasteiger partial charge in [0, 0.05) is 31.0 Å². The maximum atomic E-state index is 13.1. The Morgan fingerprint density at radius 1 is 1.19 bits per heavy atom. The Morgan fingerprint density at radius 3 is 2.69 bits per heavy atom. The zero-order valence-corrected chi connectivity index (χ0v) is 19.7. The molecular formula is C26H35NO5. The minimum absolute atomic E-state index is 0.0151. The van der Waals surface area contributed by atoms with Crippen LogP contribution in [-0.2, 0) is 27.2 Å². The fraction of sp³-hybridized carbons (Fsp3) is 0.731. The second-order valence-corrected chi connectivity index (χ2v) is 11.0.